The van der Waals surface area contributed by atoms with Crippen molar-refractivity contribution in [2.75, 3.05) is 13.7 Å². The number of ether oxygens (including phenoxy) is 1. The maximum Gasteiger partial charge on any atom is 0.266 e. The fraction of sp³-hybridized carbons (Fsp3) is 0.333. The Morgan fingerprint density at radius 1 is 1.39 bits per heavy atom. The van der Waals surface area contributed by atoms with E-state index in [0.717, 1.165) is 11.3 Å². The lowest BCUT2D eigenvalue weighted by Crippen LogP contribution is -2.38. The Morgan fingerprint density at radius 3 is 2.87 bits per heavy atom. The summed E-state index contributed by atoms with van der Waals surface area (Å²) < 4.78 is 6.29. The van der Waals surface area contributed by atoms with Crippen molar-refractivity contribution in [1.82, 2.24) is 19.7 Å². The first-order chi connectivity index (χ1) is 11.0. The molecule has 0 radical (unpaired) electrons. The third-order valence-corrected chi connectivity index (χ3v) is 4.04. The van der Waals surface area contributed by atoms with Crippen LogP contribution in [0.5, 0.6) is 5.88 Å². The van der Waals surface area contributed by atoms with Crippen LogP contribution in [0.3, 0.4) is 0 Å². The van der Waals surface area contributed by atoms with Crippen LogP contribution < -0.4 is 10.3 Å². The third-order valence-electron chi connectivity index (χ3n) is 3.77. The number of hydrogen-bond acceptors (Lipinski definition) is 5. The second-order valence-electron chi connectivity index (χ2n) is 5.27. The lowest BCUT2D eigenvalue weighted by molar-refractivity contribution is 0.0732. The van der Waals surface area contributed by atoms with E-state index in [4.69, 9.17) is 16.3 Å². The van der Waals surface area contributed by atoms with Crippen molar-refractivity contribution >= 4 is 17.5 Å². The molecule has 120 valence electrons. The highest BCUT2D eigenvalue weighted by atomic mass is 35.5. The van der Waals surface area contributed by atoms with E-state index >= 15 is 0 Å². The predicted molar refractivity (Wildman–Crippen MR) is 83.7 cm³/mol. The van der Waals surface area contributed by atoms with Crippen LogP contribution in [0, 0.1) is 0 Å². The number of amides is 1. The van der Waals surface area contributed by atoms with Crippen molar-refractivity contribution in [3.05, 3.63) is 50.5 Å². The monoisotopic (exact) mass is 334 g/mol. The summed E-state index contributed by atoms with van der Waals surface area (Å²) in [4.78, 5) is 30.0. The van der Waals surface area contributed by atoms with Crippen molar-refractivity contribution in [2.45, 2.75) is 13.0 Å². The molecule has 0 aliphatic carbocycles. The molecule has 1 aliphatic rings. The van der Waals surface area contributed by atoms with E-state index in [9.17, 15) is 9.59 Å². The zero-order chi connectivity index (χ0) is 16.6. The summed E-state index contributed by atoms with van der Waals surface area (Å²) in [5.74, 6) is 0.0910. The lowest BCUT2D eigenvalue weighted by Gasteiger charge is -2.28. The summed E-state index contributed by atoms with van der Waals surface area (Å²) >= 11 is 6.02. The van der Waals surface area contributed by atoms with Gasteiger partial charge in [0.1, 0.15) is 5.02 Å². The highest BCUT2D eigenvalue weighted by molar-refractivity contribution is 6.32. The molecule has 7 nitrogen and oxygen atoms in total. The summed E-state index contributed by atoms with van der Waals surface area (Å²) in [6, 6.07) is 3.06. The molecule has 23 heavy (non-hydrogen) atoms. The average molecular weight is 335 g/mol. The minimum absolute atomic E-state index is 0.187. The van der Waals surface area contributed by atoms with Gasteiger partial charge >= 0.3 is 0 Å². The Morgan fingerprint density at radius 2 is 2.17 bits per heavy atom. The number of nitrogens with zero attached hydrogens (tertiary/aromatic N) is 4. The Bertz CT molecular complexity index is 834. The predicted octanol–water partition coefficient (Wildman–Crippen LogP) is 1.04. The number of aromatic nitrogens is 3. The highest BCUT2D eigenvalue weighted by Crippen LogP contribution is 2.24. The van der Waals surface area contributed by atoms with Crippen LogP contribution in [-0.2, 0) is 20.0 Å². The van der Waals surface area contributed by atoms with E-state index in [0.29, 0.717) is 25.1 Å². The van der Waals surface area contributed by atoms with Crippen molar-refractivity contribution < 1.29 is 9.53 Å². The Labute approximate surface area is 137 Å². The van der Waals surface area contributed by atoms with Crippen molar-refractivity contribution in [3.8, 4) is 5.88 Å². The van der Waals surface area contributed by atoms with Gasteiger partial charge in [0.05, 0.1) is 18.4 Å². The smallest absolute Gasteiger partial charge is 0.266 e. The molecule has 0 fully saturated rings. The summed E-state index contributed by atoms with van der Waals surface area (Å²) in [7, 11) is 3.08. The normalized spacial score (nSPS) is 13.6. The number of fused-ring (bicyclic) bond motifs is 1. The van der Waals surface area contributed by atoms with E-state index in [1.807, 2.05) is 0 Å². The zero-order valence-electron chi connectivity index (χ0n) is 12.7. The topological polar surface area (TPSA) is 77.3 Å². The van der Waals surface area contributed by atoms with E-state index < -0.39 is 0 Å². The Kier molecular flexibility index (Phi) is 4.04. The van der Waals surface area contributed by atoms with Gasteiger partial charge in [-0.25, -0.2) is 9.67 Å². The van der Waals surface area contributed by atoms with Crippen LogP contribution in [0.25, 0.3) is 0 Å². The van der Waals surface area contributed by atoms with Crippen LogP contribution in [0.1, 0.15) is 21.6 Å². The first kappa shape index (κ1) is 15.5. The first-order valence-corrected chi connectivity index (χ1v) is 7.42. The van der Waals surface area contributed by atoms with Crippen molar-refractivity contribution in [3.63, 3.8) is 0 Å². The summed E-state index contributed by atoms with van der Waals surface area (Å²) in [6.07, 6.45) is 2.04. The SMILES string of the molecule is COc1ncc(C(=O)N2CCc3nn(C)c(=O)cc3C2)cc1Cl. The molecule has 0 bridgehead atoms. The van der Waals surface area contributed by atoms with Crippen LogP contribution in [-0.4, -0.2) is 39.2 Å². The van der Waals surface area contributed by atoms with E-state index in [2.05, 4.69) is 10.1 Å². The molecule has 0 aromatic carbocycles. The summed E-state index contributed by atoms with van der Waals surface area (Å²) in [5, 5.41) is 4.52. The lowest BCUT2D eigenvalue weighted by atomic mass is 10.1. The summed E-state index contributed by atoms with van der Waals surface area (Å²) in [5.41, 5.74) is 1.82. The standard InChI is InChI=1S/C15H15ClN4O3/c1-19-13(21)6-10-8-20(4-3-12(10)18-19)15(22)9-5-11(16)14(23-2)17-7-9/h5-7H,3-4,8H2,1-2H3. The van der Waals surface area contributed by atoms with Crippen LogP contribution >= 0.6 is 11.6 Å². The van der Waals surface area contributed by atoms with Gasteiger partial charge in [0.15, 0.2) is 0 Å². The molecule has 1 amide bonds. The number of carbonyl (C=O) groups is 1. The van der Waals surface area contributed by atoms with Gasteiger partial charge in [0, 0.05) is 44.4 Å². The molecular formula is C15H15ClN4O3. The zero-order valence-corrected chi connectivity index (χ0v) is 13.5. The largest absolute Gasteiger partial charge is 0.480 e. The average Bonchev–Trinajstić information content (AvgIpc) is 2.54. The number of rotatable bonds is 2. The van der Waals surface area contributed by atoms with Gasteiger partial charge in [-0.1, -0.05) is 11.6 Å². The number of halogens is 1. The quantitative estimate of drug-likeness (QED) is 0.820. The van der Waals surface area contributed by atoms with Gasteiger partial charge in [-0.2, -0.15) is 5.10 Å². The fourth-order valence-corrected chi connectivity index (χ4v) is 2.79. The Balaban J connectivity index is 1.85. The molecule has 0 saturated carbocycles. The number of carbonyl (C=O) groups excluding carboxylic acids is 1. The maximum atomic E-state index is 12.6. The van der Waals surface area contributed by atoms with E-state index in [1.165, 1.54) is 30.1 Å². The fourth-order valence-electron chi connectivity index (χ4n) is 2.54. The van der Waals surface area contributed by atoms with Gasteiger partial charge < -0.3 is 9.64 Å². The van der Waals surface area contributed by atoms with Crippen LogP contribution in [0.15, 0.2) is 23.1 Å². The molecule has 2 aromatic heterocycles. The number of methoxy groups -OCH3 is 1. The number of hydrogen-bond donors (Lipinski definition) is 0. The summed E-state index contributed by atoms with van der Waals surface area (Å²) in [6.45, 7) is 0.877. The minimum atomic E-state index is -0.188. The molecule has 0 N–H and O–H groups in total. The van der Waals surface area contributed by atoms with Gasteiger partial charge in [-0.05, 0) is 6.07 Å². The van der Waals surface area contributed by atoms with Crippen molar-refractivity contribution in [2.24, 2.45) is 7.05 Å². The van der Waals surface area contributed by atoms with Gasteiger partial charge in [0.2, 0.25) is 5.88 Å². The molecule has 0 atom stereocenters. The molecule has 0 saturated heterocycles. The molecule has 3 rings (SSSR count). The van der Waals surface area contributed by atoms with Crippen molar-refractivity contribution in [1.29, 1.82) is 0 Å². The molecule has 0 spiro atoms. The van der Waals surface area contributed by atoms with Gasteiger partial charge in [-0.15, -0.1) is 0 Å². The van der Waals surface area contributed by atoms with E-state index in [-0.39, 0.29) is 22.4 Å². The van der Waals surface area contributed by atoms with Gasteiger partial charge in [0.25, 0.3) is 11.5 Å². The second kappa shape index (κ2) is 6.00. The molecule has 3 heterocycles. The van der Waals surface area contributed by atoms with Gasteiger partial charge in [-0.3, -0.25) is 9.59 Å². The highest BCUT2D eigenvalue weighted by Gasteiger charge is 2.24. The second-order valence-corrected chi connectivity index (χ2v) is 5.68. The molecular weight excluding hydrogens is 320 g/mol. The molecule has 0 unspecified atom stereocenters. The van der Waals surface area contributed by atoms with E-state index in [1.54, 1.807) is 11.9 Å². The molecule has 2 aromatic rings. The first-order valence-electron chi connectivity index (χ1n) is 7.04. The molecule has 8 heteroatoms. The number of aryl methyl sites for hydroxylation is 1. The van der Waals surface area contributed by atoms with Crippen LogP contribution in [0.2, 0.25) is 5.02 Å². The third kappa shape index (κ3) is 2.92. The minimum Gasteiger partial charge on any atom is -0.480 e. The maximum absolute atomic E-state index is 12.6. The molecule has 1 aliphatic heterocycles. The number of pyridine rings is 1. The van der Waals surface area contributed by atoms with Crippen LogP contribution in [0.4, 0.5) is 0 Å². The Hall–Kier alpha value is -2.41.